The Morgan fingerprint density at radius 3 is 2.76 bits per heavy atom. The summed E-state index contributed by atoms with van der Waals surface area (Å²) in [5, 5.41) is 12.7. The second-order valence-electron chi connectivity index (χ2n) is 7.93. The molecule has 0 radical (unpaired) electrons. The van der Waals surface area contributed by atoms with E-state index in [0.29, 0.717) is 5.92 Å². The molecule has 1 aliphatic rings. The molecule has 1 atom stereocenters. The second-order valence-corrected chi connectivity index (χ2v) is 8.33. The van der Waals surface area contributed by atoms with E-state index in [1.165, 1.54) is 7.11 Å². The van der Waals surface area contributed by atoms with E-state index in [1.807, 2.05) is 18.2 Å². The Morgan fingerprint density at radius 2 is 2.03 bits per heavy atom. The Labute approximate surface area is 177 Å². The first-order valence-corrected chi connectivity index (χ1v) is 10.5. The minimum Gasteiger partial charge on any atom is -0.375 e. The number of hydrogen-bond donors (Lipinski definition) is 1. The first kappa shape index (κ1) is 21.7. The van der Waals surface area contributed by atoms with Gasteiger partial charge in [0.25, 0.3) is 0 Å². The number of ether oxygens (including phenoxy) is 1. The summed E-state index contributed by atoms with van der Waals surface area (Å²) < 4.78 is 7.14. The molecule has 1 aliphatic heterocycles. The van der Waals surface area contributed by atoms with Crippen LogP contribution in [0.25, 0.3) is 0 Å². The van der Waals surface area contributed by atoms with E-state index in [4.69, 9.17) is 16.3 Å². The molecule has 0 saturated heterocycles. The van der Waals surface area contributed by atoms with Crippen LogP contribution in [0.15, 0.2) is 24.3 Å². The fourth-order valence-electron chi connectivity index (χ4n) is 3.74. The number of rotatable bonds is 8. The number of carbonyl (C=O) groups is 1. The van der Waals surface area contributed by atoms with Crippen LogP contribution in [0, 0.1) is 5.92 Å². The molecule has 0 aliphatic carbocycles. The molecular formula is C21H30ClN5O2. The van der Waals surface area contributed by atoms with Crippen LogP contribution in [-0.4, -0.2) is 52.4 Å². The number of carbonyl (C=O) groups excluding carboxylic acids is 1. The summed E-state index contributed by atoms with van der Waals surface area (Å²) in [6.45, 7) is 7.70. The molecule has 8 heteroatoms. The maximum atomic E-state index is 12.1. The second kappa shape index (κ2) is 10.2. The highest BCUT2D eigenvalue weighted by molar-refractivity contribution is 6.31. The fourth-order valence-corrected chi connectivity index (χ4v) is 3.94. The van der Waals surface area contributed by atoms with Gasteiger partial charge in [-0.05, 0) is 24.0 Å². The zero-order valence-corrected chi connectivity index (χ0v) is 18.2. The molecule has 2 heterocycles. The molecule has 0 fully saturated rings. The van der Waals surface area contributed by atoms with E-state index in [0.717, 1.165) is 61.3 Å². The highest BCUT2D eigenvalue weighted by Crippen LogP contribution is 2.23. The van der Waals surface area contributed by atoms with Crippen molar-refractivity contribution in [1.82, 2.24) is 25.0 Å². The highest BCUT2D eigenvalue weighted by Gasteiger charge is 2.26. The van der Waals surface area contributed by atoms with Gasteiger partial charge in [0.2, 0.25) is 5.91 Å². The van der Waals surface area contributed by atoms with Gasteiger partial charge in [0.1, 0.15) is 12.4 Å². The summed E-state index contributed by atoms with van der Waals surface area (Å²) in [7, 11) is 1.52. The summed E-state index contributed by atoms with van der Waals surface area (Å²) in [5.41, 5.74) is 1.14. The molecule has 1 aromatic heterocycles. The number of nitrogens with one attached hydrogen (secondary N) is 1. The number of fused-ring (bicyclic) bond motifs is 1. The highest BCUT2D eigenvalue weighted by atomic mass is 35.5. The van der Waals surface area contributed by atoms with Gasteiger partial charge in [-0.15, -0.1) is 10.2 Å². The smallest absolute Gasteiger partial charge is 0.246 e. The number of methoxy groups -OCH3 is 1. The van der Waals surface area contributed by atoms with Crippen molar-refractivity contribution in [3.63, 3.8) is 0 Å². The predicted octanol–water partition coefficient (Wildman–Crippen LogP) is 2.84. The van der Waals surface area contributed by atoms with Crippen LogP contribution in [0.3, 0.4) is 0 Å². The molecule has 29 heavy (non-hydrogen) atoms. The van der Waals surface area contributed by atoms with Crippen LogP contribution in [0.1, 0.15) is 43.5 Å². The van der Waals surface area contributed by atoms with Crippen molar-refractivity contribution in [3.8, 4) is 0 Å². The van der Waals surface area contributed by atoms with Gasteiger partial charge in [0.15, 0.2) is 5.82 Å². The topological polar surface area (TPSA) is 72.3 Å². The lowest BCUT2D eigenvalue weighted by Gasteiger charge is -2.22. The summed E-state index contributed by atoms with van der Waals surface area (Å²) in [4.78, 5) is 14.5. The van der Waals surface area contributed by atoms with Crippen molar-refractivity contribution >= 4 is 17.5 Å². The van der Waals surface area contributed by atoms with Crippen LogP contribution in [0.4, 0.5) is 0 Å². The molecule has 158 valence electrons. The van der Waals surface area contributed by atoms with E-state index >= 15 is 0 Å². The number of amides is 1. The Bertz CT molecular complexity index is 823. The van der Waals surface area contributed by atoms with Gasteiger partial charge in [-0.3, -0.25) is 9.69 Å². The van der Waals surface area contributed by atoms with Crippen LogP contribution in [0.5, 0.6) is 0 Å². The Kier molecular flexibility index (Phi) is 7.64. The van der Waals surface area contributed by atoms with E-state index in [9.17, 15) is 4.79 Å². The minimum atomic E-state index is -0.172. The number of aromatic nitrogens is 3. The number of hydrogen-bond acceptors (Lipinski definition) is 5. The minimum absolute atomic E-state index is 0.0429. The molecule has 1 aromatic carbocycles. The maximum Gasteiger partial charge on any atom is 0.246 e. The van der Waals surface area contributed by atoms with E-state index in [2.05, 4.69) is 44.9 Å². The molecule has 1 N–H and O–H groups in total. The summed E-state index contributed by atoms with van der Waals surface area (Å²) in [6, 6.07) is 7.80. The number of nitrogens with zero attached hydrogens (tertiary/aromatic N) is 4. The normalized spacial score (nSPS) is 15.8. The molecule has 3 rings (SSSR count). The average Bonchev–Trinajstić information content (AvgIpc) is 2.97. The van der Waals surface area contributed by atoms with Crippen molar-refractivity contribution in [2.45, 2.75) is 45.8 Å². The van der Waals surface area contributed by atoms with E-state index in [1.54, 1.807) is 0 Å². The lowest BCUT2D eigenvalue weighted by molar-refractivity contribution is -0.125. The molecule has 7 nitrogen and oxygen atoms in total. The fraction of sp³-hybridized carbons (Fsp3) is 0.571. The quantitative estimate of drug-likeness (QED) is 0.712. The Hall–Kier alpha value is -1.96. The zero-order chi connectivity index (χ0) is 20.8. The van der Waals surface area contributed by atoms with Crippen LogP contribution >= 0.6 is 11.6 Å². The molecule has 0 bridgehead atoms. The SMILES string of the molecule is COCC(=O)N[C@@H](CC(C)C)c1nnc2n1CCN(Cc1ccccc1Cl)CC2. The van der Waals surface area contributed by atoms with Crippen LogP contribution < -0.4 is 5.32 Å². The van der Waals surface area contributed by atoms with Crippen LogP contribution in [0.2, 0.25) is 5.02 Å². The van der Waals surface area contributed by atoms with E-state index < -0.39 is 0 Å². The molecular weight excluding hydrogens is 390 g/mol. The maximum absolute atomic E-state index is 12.1. The molecule has 0 unspecified atom stereocenters. The third kappa shape index (κ3) is 5.78. The van der Waals surface area contributed by atoms with Gasteiger partial charge in [-0.1, -0.05) is 43.6 Å². The molecule has 0 saturated carbocycles. The predicted molar refractivity (Wildman–Crippen MR) is 113 cm³/mol. The standard InChI is InChI=1S/C21H30ClN5O2/c1-15(2)12-18(23-20(28)14-29-3)21-25-24-19-8-9-26(10-11-27(19)21)13-16-6-4-5-7-17(16)22/h4-7,15,18H,8-14H2,1-3H3,(H,23,28)/t18-/m0/s1. The monoisotopic (exact) mass is 419 g/mol. The van der Waals surface area contributed by atoms with Crippen molar-refractivity contribution in [2.24, 2.45) is 5.92 Å². The van der Waals surface area contributed by atoms with Gasteiger partial charge in [-0.2, -0.15) is 0 Å². The third-order valence-corrected chi connectivity index (χ3v) is 5.50. The van der Waals surface area contributed by atoms with Crippen molar-refractivity contribution < 1.29 is 9.53 Å². The number of benzene rings is 1. The van der Waals surface area contributed by atoms with Gasteiger partial charge < -0.3 is 14.6 Å². The number of halogens is 1. The summed E-state index contributed by atoms with van der Waals surface area (Å²) >= 11 is 6.34. The molecule has 1 amide bonds. The average molecular weight is 420 g/mol. The van der Waals surface area contributed by atoms with Gasteiger partial charge in [-0.25, -0.2) is 0 Å². The zero-order valence-electron chi connectivity index (χ0n) is 17.4. The first-order valence-electron chi connectivity index (χ1n) is 10.1. The molecule has 2 aromatic rings. The molecule has 0 spiro atoms. The lowest BCUT2D eigenvalue weighted by atomic mass is 10.0. The Balaban J connectivity index is 1.73. The van der Waals surface area contributed by atoms with Crippen LogP contribution in [-0.2, 0) is 29.0 Å². The van der Waals surface area contributed by atoms with Crippen molar-refractivity contribution in [3.05, 3.63) is 46.5 Å². The van der Waals surface area contributed by atoms with Gasteiger partial charge >= 0.3 is 0 Å². The van der Waals surface area contributed by atoms with Crippen molar-refractivity contribution in [2.75, 3.05) is 26.8 Å². The van der Waals surface area contributed by atoms with E-state index in [-0.39, 0.29) is 18.6 Å². The Morgan fingerprint density at radius 1 is 1.24 bits per heavy atom. The first-order chi connectivity index (χ1) is 14.0. The largest absolute Gasteiger partial charge is 0.375 e. The van der Waals surface area contributed by atoms with Gasteiger partial charge in [0, 0.05) is 44.7 Å². The van der Waals surface area contributed by atoms with Crippen molar-refractivity contribution in [1.29, 1.82) is 0 Å². The van der Waals surface area contributed by atoms with Gasteiger partial charge in [0.05, 0.1) is 6.04 Å². The third-order valence-electron chi connectivity index (χ3n) is 5.13. The lowest BCUT2D eigenvalue weighted by Crippen LogP contribution is -2.34. The summed E-state index contributed by atoms with van der Waals surface area (Å²) in [5.74, 6) is 2.08. The summed E-state index contributed by atoms with van der Waals surface area (Å²) in [6.07, 6.45) is 1.62.